The maximum absolute atomic E-state index is 13.8. The second kappa shape index (κ2) is 15.2. The summed E-state index contributed by atoms with van der Waals surface area (Å²) in [6.45, 7) is 11.9. The van der Waals surface area contributed by atoms with Crippen LogP contribution in [0.25, 0.3) is 0 Å². The average Bonchev–Trinajstić information content (AvgIpc) is 3.12. The number of carboxylic acid groups (broad SMARTS) is 1. The van der Waals surface area contributed by atoms with Crippen LogP contribution in [0.15, 0.2) is 16.6 Å². The third-order valence-electron chi connectivity index (χ3n) is 6.41. The summed E-state index contributed by atoms with van der Waals surface area (Å²) >= 11 is 0. The molecule has 1 saturated heterocycles. The molecular formula is C26H46N6O5. The lowest BCUT2D eigenvalue weighted by Crippen LogP contribution is -2.56. The van der Waals surface area contributed by atoms with E-state index < -0.39 is 30.0 Å². The fraction of sp³-hybridized carbons (Fsp3) is 0.731. The van der Waals surface area contributed by atoms with Gasteiger partial charge in [-0.2, -0.15) is 0 Å². The molecule has 1 fully saturated rings. The van der Waals surface area contributed by atoms with E-state index >= 15 is 0 Å². The average molecular weight is 523 g/mol. The fourth-order valence-electron chi connectivity index (χ4n) is 4.55. The van der Waals surface area contributed by atoms with E-state index in [1.165, 1.54) is 4.90 Å². The number of hydrogen-bond donors (Lipinski definition) is 5. The fourth-order valence-corrected chi connectivity index (χ4v) is 4.55. The van der Waals surface area contributed by atoms with Crippen molar-refractivity contribution in [2.24, 2.45) is 34.2 Å². The van der Waals surface area contributed by atoms with Crippen molar-refractivity contribution < 1.29 is 24.3 Å². The van der Waals surface area contributed by atoms with Gasteiger partial charge in [0.05, 0.1) is 0 Å². The first-order chi connectivity index (χ1) is 17.3. The second-order valence-electron chi connectivity index (χ2n) is 10.6. The van der Waals surface area contributed by atoms with Crippen LogP contribution in [0.1, 0.15) is 73.6 Å². The van der Waals surface area contributed by atoms with E-state index in [4.69, 9.17) is 11.5 Å². The van der Waals surface area contributed by atoms with Crippen LogP contribution < -0.4 is 22.1 Å². The number of nitrogens with zero attached hydrogens (tertiary/aromatic N) is 2. The van der Waals surface area contributed by atoms with E-state index in [-0.39, 0.29) is 54.9 Å². The zero-order valence-electron chi connectivity index (χ0n) is 23.1. The Kier molecular flexibility index (Phi) is 13.1. The van der Waals surface area contributed by atoms with Crippen molar-refractivity contribution in [2.45, 2.75) is 91.8 Å². The molecule has 1 aliphatic rings. The number of carboxylic acids is 1. The molecule has 0 aromatic rings. The molecule has 3 amide bonds. The number of amides is 3. The number of hydrogen-bond acceptors (Lipinski definition) is 5. The van der Waals surface area contributed by atoms with Crippen molar-refractivity contribution in [3.8, 4) is 0 Å². The molecule has 7 N–H and O–H groups in total. The standard InChI is InChI=1S/C26H46N6O5/c1-7-18-14-32(22(17(18)6)23(34)31-20(25(36)37)12-15(2)3)24(35)19(30-21(33)13-16(4)5)10-8-9-11-29-26(27)28/h7,15-17,19-20,22H,8-14H2,1-6H3,(H,30,33)(H,31,34)(H,36,37)(H4,27,28,29)/b18-7-/t17-,19+,20+,22?/m1/s1. The SMILES string of the molecule is C/C=C1/CN(C(=O)[C@H](CCCCN=C(N)N)NC(=O)CC(C)C)C(C(=O)N[C@@H](CC(C)C)C(=O)O)[C@@H]1C. The van der Waals surface area contributed by atoms with Gasteiger partial charge in [0.15, 0.2) is 5.96 Å². The predicted molar refractivity (Wildman–Crippen MR) is 143 cm³/mol. The lowest BCUT2D eigenvalue weighted by atomic mass is 9.96. The molecule has 0 aromatic heterocycles. The quantitative estimate of drug-likeness (QED) is 0.0988. The first-order valence-electron chi connectivity index (χ1n) is 13.1. The van der Waals surface area contributed by atoms with Crippen molar-refractivity contribution in [3.63, 3.8) is 0 Å². The van der Waals surface area contributed by atoms with Gasteiger partial charge < -0.3 is 32.1 Å². The molecular weight excluding hydrogens is 476 g/mol. The molecule has 0 bridgehead atoms. The zero-order valence-corrected chi connectivity index (χ0v) is 23.1. The Bertz CT molecular complexity index is 866. The number of likely N-dealkylation sites (tertiary alicyclic amines) is 1. The van der Waals surface area contributed by atoms with Crippen LogP contribution in [0.3, 0.4) is 0 Å². The summed E-state index contributed by atoms with van der Waals surface area (Å²) < 4.78 is 0. The molecule has 1 unspecified atom stereocenters. The molecule has 1 rings (SSSR count). The van der Waals surface area contributed by atoms with Gasteiger partial charge >= 0.3 is 5.97 Å². The Morgan fingerprint density at radius 3 is 2.24 bits per heavy atom. The van der Waals surface area contributed by atoms with Gasteiger partial charge in [0.25, 0.3) is 0 Å². The van der Waals surface area contributed by atoms with Gasteiger partial charge in [-0.25, -0.2) is 4.79 Å². The molecule has 0 aromatic carbocycles. The van der Waals surface area contributed by atoms with Gasteiger partial charge in [-0.1, -0.05) is 40.7 Å². The molecule has 1 aliphatic heterocycles. The Morgan fingerprint density at radius 1 is 1.08 bits per heavy atom. The summed E-state index contributed by atoms with van der Waals surface area (Å²) in [6.07, 6.45) is 3.99. The summed E-state index contributed by atoms with van der Waals surface area (Å²) in [4.78, 5) is 56.9. The van der Waals surface area contributed by atoms with Crippen molar-refractivity contribution in [2.75, 3.05) is 13.1 Å². The third kappa shape index (κ3) is 10.4. The van der Waals surface area contributed by atoms with Gasteiger partial charge in [0.2, 0.25) is 17.7 Å². The highest BCUT2D eigenvalue weighted by atomic mass is 16.4. The van der Waals surface area contributed by atoms with Gasteiger partial charge in [0.1, 0.15) is 18.1 Å². The van der Waals surface area contributed by atoms with Crippen molar-refractivity contribution in [3.05, 3.63) is 11.6 Å². The highest BCUT2D eigenvalue weighted by molar-refractivity contribution is 5.94. The van der Waals surface area contributed by atoms with Crippen LogP contribution in [0.5, 0.6) is 0 Å². The molecule has 0 spiro atoms. The number of nitrogens with one attached hydrogen (secondary N) is 2. The van der Waals surface area contributed by atoms with Crippen molar-refractivity contribution >= 4 is 29.7 Å². The molecule has 4 atom stereocenters. The van der Waals surface area contributed by atoms with Gasteiger partial charge in [-0.15, -0.1) is 0 Å². The Balaban J connectivity index is 3.17. The number of unbranched alkanes of at least 4 members (excludes halogenated alkanes) is 1. The largest absolute Gasteiger partial charge is 0.480 e. The number of carbonyl (C=O) groups excluding carboxylic acids is 3. The van der Waals surface area contributed by atoms with Crippen LogP contribution >= 0.6 is 0 Å². The van der Waals surface area contributed by atoms with E-state index in [1.54, 1.807) is 0 Å². The summed E-state index contributed by atoms with van der Waals surface area (Å²) in [5.74, 6) is -2.34. The van der Waals surface area contributed by atoms with E-state index in [9.17, 15) is 24.3 Å². The summed E-state index contributed by atoms with van der Waals surface area (Å²) in [7, 11) is 0. The lowest BCUT2D eigenvalue weighted by molar-refractivity contribution is -0.145. The summed E-state index contributed by atoms with van der Waals surface area (Å²) in [5, 5.41) is 15.1. The monoisotopic (exact) mass is 522 g/mol. The number of guanidine groups is 1. The number of nitrogens with two attached hydrogens (primary N) is 2. The van der Waals surface area contributed by atoms with Crippen LogP contribution in [-0.4, -0.2) is 70.9 Å². The maximum atomic E-state index is 13.8. The normalized spacial score (nSPS) is 20.1. The Morgan fingerprint density at radius 2 is 1.73 bits per heavy atom. The first-order valence-corrected chi connectivity index (χ1v) is 13.1. The topological polar surface area (TPSA) is 180 Å². The van der Waals surface area contributed by atoms with Crippen LogP contribution in [0.4, 0.5) is 0 Å². The van der Waals surface area contributed by atoms with E-state index in [2.05, 4.69) is 15.6 Å². The lowest BCUT2D eigenvalue weighted by Gasteiger charge is -2.31. The molecule has 1 heterocycles. The Labute approximate surface area is 220 Å². The van der Waals surface area contributed by atoms with Crippen LogP contribution in [0.2, 0.25) is 0 Å². The minimum Gasteiger partial charge on any atom is -0.480 e. The molecule has 0 saturated carbocycles. The minimum absolute atomic E-state index is 0.00575. The molecule has 210 valence electrons. The summed E-state index contributed by atoms with van der Waals surface area (Å²) in [5.41, 5.74) is 11.6. The molecule has 0 radical (unpaired) electrons. The smallest absolute Gasteiger partial charge is 0.326 e. The first kappa shape index (κ1) is 31.9. The van der Waals surface area contributed by atoms with Crippen LogP contribution in [-0.2, 0) is 19.2 Å². The highest BCUT2D eigenvalue weighted by Gasteiger charge is 2.44. The highest BCUT2D eigenvalue weighted by Crippen LogP contribution is 2.30. The number of allylic oxidation sites excluding steroid dienone is 1. The second-order valence-corrected chi connectivity index (χ2v) is 10.6. The number of aliphatic imine (C=N–C) groups is 1. The molecule has 11 heteroatoms. The van der Waals surface area contributed by atoms with Gasteiger partial charge in [-0.05, 0) is 50.0 Å². The van der Waals surface area contributed by atoms with Crippen molar-refractivity contribution in [1.82, 2.24) is 15.5 Å². The van der Waals surface area contributed by atoms with Gasteiger partial charge in [0, 0.05) is 25.4 Å². The molecule has 37 heavy (non-hydrogen) atoms. The minimum atomic E-state index is -1.11. The van der Waals surface area contributed by atoms with E-state index in [0.29, 0.717) is 25.8 Å². The van der Waals surface area contributed by atoms with Crippen molar-refractivity contribution in [1.29, 1.82) is 0 Å². The molecule has 0 aliphatic carbocycles. The third-order valence-corrected chi connectivity index (χ3v) is 6.41. The summed E-state index contributed by atoms with van der Waals surface area (Å²) in [6, 6.07) is -2.75. The van der Waals surface area contributed by atoms with E-state index in [0.717, 1.165) is 5.57 Å². The van der Waals surface area contributed by atoms with Crippen LogP contribution in [0, 0.1) is 17.8 Å². The predicted octanol–water partition coefficient (Wildman–Crippen LogP) is 1.37. The number of carbonyl (C=O) groups is 4. The molecule has 11 nitrogen and oxygen atoms in total. The maximum Gasteiger partial charge on any atom is 0.326 e. The van der Waals surface area contributed by atoms with Gasteiger partial charge in [-0.3, -0.25) is 19.4 Å². The number of aliphatic carboxylic acids is 1. The van der Waals surface area contributed by atoms with E-state index in [1.807, 2.05) is 47.6 Å². The number of rotatable bonds is 14. The zero-order chi connectivity index (χ0) is 28.3. The Hall–Kier alpha value is -3.11.